The number of aromatic carboxylic acids is 1. The van der Waals surface area contributed by atoms with E-state index < -0.39 is 87.9 Å². The molecule has 3 unspecified atom stereocenters. The van der Waals surface area contributed by atoms with Crippen molar-refractivity contribution in [1.29, 1.82) is 5.41 Å². The number of Topliss-reactive ketones (excluding diaryl/α,β-unsaturated/α-hetero) is 1. The molecule has 1 aromatic heterocycles. The van der Waals surface area contributed by atoms with E-state index in [9.17, 15) is 50.2 Å². The summed E-state index contributed by atoms with van der Waals surface area (Å²) in [6.07, 6.45) is 1.53. The average Bonchev–Trinajstić information content (AvgIpc) is 3.68. The van der Waals surface area contributed by atoms with Crippen LogP contribution in [0.5, 0.6) is 0 Å². The van der Waals surface area contributed by atoms with Crippen LogP contribution in [0.2, 0.25) is 0 Å². The van der Waals surface area contributed by atoms with Gasteiger partial charge < -0.3 is 35.8 Å². The van der Waals surface area contributed by atoms with Crippen LogP contribution in [0.25, 0.3) is 43.9 Å². The number of benzene rings is 3. The van der Waals surface area contributed by atoms with Gasteiger partial charge in [0.25, 0.3) is 26.1 Å². The minimum Gasteiger partial charge on any atom is -0.478 e. The van der Waals surface area contributed by atoms with Crippen LogP contribution in [-0.4, -0.2) is 95.2 Å². The van der Waals surface area contributed by atoms with Gasteiger partial charge in [-0.2, -0.15) is 21.8 Å². The molecule has 358 valence electrons. The fourth-order valence-corrected chi connectivity index (χ4v) is 10.7. The van der Waals surface area contributed by atoms with E-state index in [0.29, 0.717) is 24.3 Å². The SMILES string of the molecule is CCC1OC(n2cc(C#CCCC(=O)CCSSCCNC(=O)c3ccc(-c4c5ccc(=N)c(S(=O)(=O)O)c-5oc5c(S(=O)(=O)O)c(N)ccc45)c(C(=O)O)c3)c(N)nc2=O)CC1OCN=[N+]=[N-]. The quantitative estimate of drug-likeness (QED) is 0.00669. The highest BCUT2D eigenvalue weighted by Gasteiger charge is 2.37. The maximum Gasteiger partial charge on any atom is 0.351 e. The second kappa shape index (κ2) is 21.7. The number of carbonyl (C=O) groups is 3. The molecule has 27 heteroatoms. The van der Waals surface area contributed by atoms with Crippen molar-refractivity contribution in [3.63, 3.8) is 0 Å². The number of aromatic nitrogens is 2. The number of ether oxygens (including phenoxy) is 2. The maximum atomic E-state index is 13.2. The molecule has 3 aliphatic rings. The van der Waals surface area contributed by atoms with Gasteiger partial charge in [0.05, 0.1) is 34.4 Å². The summed E-state index contributed by atoms with van der Waals surface area (Å²) < 4.78 is 88.5. The van der Waals surface area contributed by atoms with Crippen molar-refractivity contribution in [3.05, 3.63) is 91.6 Å². The number of anilines is 2. The lowest BCUT2D eigenvalue weighted by Crippen LogP contribution is -2.28. The minimum atomic E-state index is -5.21. The largest absolute Gasteiger partial charge is 0.478 e. The second-order valence-corrected chi connectivity index (χ2v) is 20.1. The van der Waals surface area contributed by atoms with Crippen LogP contribution in [0.4, 0.5) is 11.5 Å². The van der Waals surface area contributed by atoms with E-state index in [2.05, 4.69) is 32.2 Å². The van der Waals surface area contributed by atoms with Gasteiger partial charge in [-0.3, -0.25) is 28.7 Å². The van der Waals surface area contributed by atoms with E-state index in [1.54, 1.807) is 0 Å². The molecule has 0 spiro atoms. The molecule has 1 amide bonds. The molecule has 3 heterocycles. The van der Waals surface area contributed by atoms with Gasteiger partial charge in [-0.05, 0) is 53.9 Å². The van der Waals surface area contributed by atoms with E-state index in [0.717, 1.165) is 18.2 Å². The third-order valence-corrected chi connectivity index (χ3v) is 14.6. The first kappa shape index (κ1) is 50.9. The normalized spacial score (nSPS) is 16.0. The number of hydrogen-bond acceptors (Lipinski definition) is 18. The zero-order valence-corrected chi connectivity index (χ0v) is 38.8. The van der Waals surface area contributed by atoms with Gasteiger partial charge in [-0.15, -0.1) is 0 Å². The Balaban J connectivity index is 1.04. The smallest absolute Gasteiger partial charge is 0.351 e. The molecule has 2 aromatic carbocycles. The fourth-order valence-electron chi connectivity index (χ4n) is 7.29. The molecule has 68 heavy (non-hydrogen) atoms. The Labute approximate surface area is 394 Å². The molecular weight excluding hydrogens is 971 g/mol. The van der Waals surface area contributed by atoms with Crippen LogP contribution >= 0.6 is 21.6 Å². The Morgan fingerprint density at radius 1 is 1.06 bits per heavy atom. The molecule has 1 saturated heterocycles. The summed E-state index contributed by atoms with van der Waals surface area (Å²) in [5, 5.41) is 23.7. The number of nitrogens with one attached hydrogen (secondary N) is 2. The van der Waals surface area contributed by atoms with Crippen molar-refractivity contribution in [2.45, 2.75) is 67.3 Å². The summed E-state index contributed by atoms with van der Waals surface area (Å²) in [5.74, 6) is 3.59. The molecule has 3 aromatic rings. The van der Waals surface area contributed by atoms with Crippen molar-refractivity contribution in [1.82, 2.24) is 14.9 Å². The maximum absolute atomic E-state index is 13.2. The number of rotatable bonds is 19. The number of carboxylic acids is 1. The Morgan fingerprint density at radius 3 is 2.47 bits per heavy atom. The number of nitrogens with zero attached hydrogens (tertiary/aromatic N) is 5. The van der Waals surface area contributed by atoms with Crippen molar-refractivity contribution in [3.8, 4) is 34.3 Å². The summed E-state index contributed by atoms with van der Waals surface area (Å²) >= 11 is 0. The van der Waals surface area contributed by atoms with E-state index in [4.69, 9.17) is 36.3 Å². The molecule has 3 atom stereocenters. The molecule has 0 saturated carbocycles. The Hall–Kier alpha value is -6.47. The predicted octanol–water partition coefficient (Wildman–Crippen LogP) is 4.85. The zero-order chi connectivity index (χ0) is 49.5. The first-order chi connectivity index (χ1) is 32.2. The first-order valence-corrected chi connectivity index (χ1v) is 25.5. The highest BCUT2D eigenvalue weighted by molar-refractivity contribution is 8.76. The van der Waals surface area contributed by atoms with Crippen LogP contribution in [0.15, 0.2) is 72.8 Å². The number of ketones is 1. The molecule has 0 radical (unpaired) electrons. The van der Waals surface area contributed by atoms with Gasteiger partial charge in [-0.1, -0.05) is 51.5 Å². The number of carboxylic acid groups (broad SMARTS) is 1. The molecule has 1 fully saturated rings. The lowest BCUT2D eigenvalue weighted by Gasteiger charge is -2.20. The Kier molecular flexibility index (Phi) is 16.2. The molecule has 1 aliphatic carbocycles. The van der Waals surface area contributed by atoms with Gasteiger partial charge in [0.1, 0.15) is 24.6 Å². The lowest BCUT2D eigenvalue weighted by molar-refractivity contribution is -0.118. The van der Waals surface area contributed by atoms with Crippen LogP contribution in [0.3, 0.4) is 0 Å². The van der Waals surface area contributed by atoms with Gasteiger partial charge in [-0.25, -0.2) is 9.59 Å². The third kappa shape index (κ3) is 11.6. The molecule has 6 rings (SSSR count). The highest BCUT2D eigenvalue weighted by atomic mass is 33.1. The minimum absolute atomic E-state index is 0.0416. The summed E-state index contributed by atoms with van der Waals surface area (Å²) in [4.78, 5) is 55.6. The highest BCUT2D eigenvalue weighted by Crippen LogP contribution is 2.46. The summed E-state index contributed by atoms with van der Waals surface area (Å²) in [7, 11) is -7.59. The van der Waals surface area contributed by atoms with Crippen molar-refractivity contribution >= 4 is 82.0 Å². The van der Waals surface area contributed by atoms with Crippen molar-refractivity contribution in [2.75, 3.05) is 36.2 Å². The van der Waals surface area contributed by atoms with Crippen LogP contribution in [0.1, 0.15) is 71.5 Å². The molecular formula is C41H41N9O14S4. The summed E-state index contributed by atoms with van der Waals surface area (Å²) in [6.45, 7) is 1.87. The molecule has 0 bridgehead atoms. The van der Waals surface area contributed by atoms with Gasteiger partial charge in [0, 0.05) is 76.9 Å². The fraction of sp³-hybridized carbons (Fsp3) is 0.317. The number of carbonyl (C=O) groups excluding carboxylic acids is 2. The number of azide groups is 1. The third-order valence-electron chi connectivity index (χ3n) is 10.3. The first-order valence-electron chi connectivity index (χ1n) is 20.1. The lowest BCUT2D eigenvalue weighted by atomic mass is 9.89. The van der Waals surface area contributed by atoms with Crippen LogP contribution < -0.4 is 27.8 Å². The van der Waals surface area contributed by atoms with E-state index in [-0.39, 0.29) is 83.4 Å². The average molecular weight is 1010 g/mol. The number of amides is 1. The van der Waals surface area contributed by atoms with Crippen LogP contribution in [0, 0.1) is 17.3 Å². The zero-order valence-electron chi connectivity index (χ0n) is 35.6. The van der Waals surface area contributed by atoms with E-state index in [1.165, 1.54) is 56.6 Å². The predicted molar refractivity (Wildman–Crippen MR) is 249 cm³/mol. The summed E-state index contributed by atoms with van der Waals surface area (Å²) in [6, 6.07) is 8.09. The van der Waals surface area contributed by atoms with E-state index >= 15 is 0 Å². The molecule has 9 N–H and O–H groups in total. The summed E-state index contributed by atoms with van der Waals surface area (Å²) in [5.41, 5.74) is 17.7. The van der Waals surface area contributed by atoms with E-state index in [1.807, 2.05) is 6.92 Å². The Morgan fingerprint density at radius 2 is 1.78 bits per heavy atom. The number of fused-ring (bicyclic) bond motifs is 2. The van der Waals surface area contributed by atoms with Crippen molar-refractivity contribution < 1.29 is 59.3 Å². The number of hydrogen-bond donors (Lipinski definition) is 7. The number of nitrogen functional groups attached to an aromatic ring is 2. The second-order valence-electron chi connectivity index (χ2n) is 14.7. The molecule has 23 nitrogen and oxygen atoms in total. The monoisotopic (exact) mass is 1010 g/mol. The molecule has 2 aliphatic heterocycles. The number of nitrogens with two attached hydrogens (primary N) is 2. The van der Waals surface area contributed by atoms with Gasteiger partial charge >= 0.3 is 11.7 Å². The topological polar surface area (TPSA) is 383 Å². The van der Waals surface area contributed by atoms with Crippen LogP contribution in [-0.2, 0) is 34.5 Å². The Bertz CT molecular complexity index is 3250. The van der Waals surface area contributed by atoms with Gasteiger partial charge in [0.15, 0.2) is 21.1 Å². The standard InChI is InChI=1S/C41H41N9O14S4/c1-2-30-31(62-20-47-49-45)18-32(63-30)50-19-22(38(44)48-41(50)55)5-3-4-6-23(51)13-15-65-66-16-14-46-39(52)21-7-8-24(27(17-21)40(53)54)33-25-9-11-28(42)36(67(56,57)58)34(25)64-35-26(33)10-12-29(43)37(35)68(59,60)61/h7-12,17,19,30-32,42H,2,4,6,13-16,18,20,43H2,1H3,(H,46,52)(H,53,54)(H2,44,48,55)(H,56,57,58)(H,59,60,61). The van der Waals surface area contributed by atoms with Gasteiger partial charge in [0.2, 0.25) is 0 Å². The van der Waals surface area contributed by atoms with Crippen molar-refractivity contribution in [2.24, 2.45) is 5.11 Å².